The van der Waals surface area contributed by atoms with Crippen LogP contribution in [0.3, 0.4) is 0 Å². The molecule has 3 nitrogen and oxygen atoms in total. The number of methoxy groups -OCH3 is 1. The van der Waals surface area contributed by atoms with Gasteiger partial charge in [0.15, 0.2) is 11.5 Å². The Labute approximate surface area is 144 Å². The second-order valence-electron chi connectivity index (χ2n) is 6.87. The largest absolute Gasteiger partial charge is 0.493 e. The van der Waals surface area contributed by atoms with Crippen molar-refractivity contribution in [2.24, 2.45) is 5.73 Å². The van der Waals surface area contributed by atoms with E-state index in [2.05, 4.69) is 18.2 Å². The molecule has 2 fully saturated rings. The zero-order chi connectivity index (χ0) is 16.1. The molecule has 1 saturated carbocycles. The Morgan fingerprint density at radius 1 is 1.17 bits per heavy atom. The van der Waals surface area contributed by atoms with Crippen molar-refractivity contribution in [1.29, 1.82) is 0 Å². The van der Waals surface area contributed by atoms with Crippen LogP contribution in [-0.2, 0) is 5.41 Å². The van der Waals surface area contributed by atoms with E-state index in [0.29, 0.717) is 6.10 Å². The molecule has 1 aliphatic heterocycles. The quantitative estimate of drug-likeness (QED) is 0.879. The summed E-state index contributed by atoms with van der Waals surface area (Å²) in [4.78, 5) is 0. The molecular formula is C19H29NO2S. The molecule has 0 amide bonds. The van der Waals surface area contributed by atoms with Crippen molar-refractivity contribution in [3.05, 3.63) is 23.8 Å². The van der Waals surface area contributed by atoms with Crippen molar-refractivity contribution >= 4 is 11.8 Å². The summed E-state index contributed by atoms with van der Waals surface area (Å²) in [5, 5.41) is 0. The van der Waals surface area contributed by atoms with Crippen molar-refractivity contribution in [2.45, 2.75) is 56.5 Å². The van der Waals surface area contributed by atoms with E-state index in [1.165, 1.54) is 49.8 Å². The van der Waals surface area contributed by atoms with E-state index >= 15 is 0 Å². The van der Waals surface area contributed by atoms with E-state index in [-0.39, 0.29) is 5.41 Å². The number of nitrogens with two attached hydrogens (primary N) is 1. The molecule has 1 aromatic carbocycles. The molecule has 0 spiro atoms. The van der Waals surface area contributed by atoms with Crippen molar-refractivity contribution in [2.75, 3.05) is 25.2 Å². The third kappa shape index (κ3) is 3.80. The highest BCUT2D eigenvalue weighted by Crippen LogP contribution is 2.42. The molecule has 4 heteroatoms. The summed E-state index contributed by atoms with van der Waals surface area (Å²) < 4.78 is 11.8. The minimum Gasteiger partial charge on any atom is -0.493 e. The van der Waals surface area contributed by atoms with E-state index in [0.717, 1.165) is 30.2 Å². The van der Waals surface area contributed by atoms with Gasteiger partial charge in [-0.2, -0.15) is 11.8 Å². The van der Waals surface area contributed by atoms with Crippen LogP contribution in [0.2, 0.25) is 0 Å². The van der Waals surface area contributed by atoms with Crippen molar-refractivity contribution in [3.8, 4) is 11.5 Å². The highest BCUT2D eigenvalue weighted by Gasteiger charge is 2.33. The number of rotatable bonds is 5. The molecule has 1 saturated heterocycles. The number of ether oxygens (including phenoxy) is 2. The fraction of sp³-hybridized carbons (Fsp3) is 0.684. The Morgan fingerprint density at radius 3 is 2.65 bits per heavy atom. The van der Waals surface area contributed by atoms with Crippen LogP contribution in [0.1, 0.15) is 50.5 Å². The summed E-state index contributed by atoms with van der Waals surface area (Å²) in [6.45, 7) is 0.718. The van der Waals surface area contributed by atoms with E-state index in [1.807, 2.05) is 11.8 Å². The Bertz CT molecular complexity index is 508. The predicted molar refractivity (Wildman–Crippen MR) is 97.8 cm³/mol. The minimum absolute atomic E-state index is 0.130. The van der Waals surface area contributed by atoms with Crippen LogP contribution >= 0.6 is 11.8 Å². The van der Waals surface area contributed by atoms with Gasteiger partial charge in [-0.05, 0) is 49.1 Å². The third-order valence-corrected chi connectivity index (χ3v) is 6.57. The van der Waals surface area contributed by atoms with Crippen molar-refractivity contribution in [1.82, 2.24) is 0 Å². The van der Waals surface area contributed by atoms with Crippen LogP contribution in [0.25, 0.3) is 0 Å². The van der Waals surface area contributed by atoms with Crippen LogP contribution in [0, 0.1) is 0 Å². The predicted octanol–water partition coefficient (Wildman–Crippen LogP) is 4.13. The molecule has 1 unspecified atom stereocenters. The van der Waals surface area contributed by atoms with Gasteiger partial charge in [-0.15, -0.1) is 0 Å². The molecule has 0 radical (unpaired) electrons. The van der Waals surface area contributed by atoms with E-state index in [9.17, 15) is 0 Å². The molecule has 0 aromatic heterocycles. The average molecular weight is 336 g/mol. The SMILES string of the molecule is COc1cc(C2(CN)CCCCC2)ccc1OC1CCCSC1. The minimum atomic E-state index is 0.130. The first kappa shape index (κ1) is 17.0. The van der Waals surface area contributed by atoms with Crippen molar-refractivity contribution in [3.63, 3.8) is 0 Å². The Hall–Kier alpha value is -0.870. The van der Waals surface area contributed by atoms with Gasteiger partial charge in [0.25, 0.3) is 0 Å². The number of benzene rings is 1. The first-order valence-corrected chi connectivity index (χ1v) is 10.1. The van der Waals surface area contributed by atoms with Crippen LogP contribution in [0.4, 0.5) is 0 Å². The standard InChI is InChI=1S/C19H29NO2S/c1-21-18-12-15(19(14-20)9-3-2-4-10-19)7-8-17(18)22-16-6-5-11-23-13-16/h7-8,12,16H,2-6,9-11,13-14,20H2,1H3. The second-order valence-corrected chi connectivity index (χ2v) is 8.02. The second kappa shape index (κ2) is 7.80. The molecule has 1 aliphatic carbocycles. The van der Waals surface area contributed by atoms with Gasteiger partial charge in [-0.1, -0.05) is 25.3 Å². The van der Waals surface area contributed by atoms with E-state index in [4.69, 9.17) is 15.2 Å². The summed E-state index contributed by atoms with van der Waals surface area (Å²) in [5.41, 5.74) is 7.63. The summed E-state index contributed by atoms with van der Waals surface area (Å²) in [7, 11) is 1.73. The normalized spacial score (nSPS) is 24.2. The van der Waals surface area contributed by atoms with E-state index < -0.39 is 0 Å². The highest BCUT2D eigenvalue weighted by molar-refractivity contribution is 7.99. The molecule has 2 N–H and O–H groups in total. The average Bonchev–Trinajstić information content (AvgIpc) is 2.63. The topological polar surface area (TPSA) is 44.5 Å². The maximum absolute atomic E-state index is 6.21. The van der Waals surface area contributed by atoms with Crippen LogP contribution in [0.5, 0.6) is 11.5 Å². The first-order chi connectivity index (χ1) is 11.3. The van der Waals surface area contributed by atoms with Crippen molar-refractivity contribution < 1.29 is 9.47 Å². The highest BCUT2D eigenvalue weighted by atomic mass is 32.2. The third-order valence-electron chi connectivity index (χ3n) is 5.39. The monoisotopic (exact) mass is 335 g/mol. The Kier molecular flexibility index (Phi) is 5.76. The summed E-state index contributed by atoms with van der Waals surface area (Å²) in [6.07, 6.45) is 8.95. The molecule has 23 heavy (non-hydrogen) atoms. The zero-order valence-corrected chi connectivity index (χ0v) is 15.0. The Balaban J connectivity index is 1.80. The molecule has 1 aromatic rings. The molecule has 3 rings (SSSR count). The summed E-state index contributed by atoms with van der Waals surface area (Å²) in [6, 6.07) is 6.48. The number of thioether (sulfide) groups is 1. The van der Waals surface area contributed by atoms with Crippen LogP contribution in [-0.4, -0.2) is 31.3 Å². The molecule has 1 atom stereocenters. The maximum atomic E-state index is 6.21. The molecule has 1 heterocycles. The molecule has 128 valence electrons. The van der Waals surface area contributed by atoms with Gasteiger partial charge in [-0.3, -0.25) is 0 Å². The van der Waals surface area contributed by atoms with Gasteiger partial charge >= 0.3 is 0 Å². The van der Waals surface area contributed by atoms with Gasteiger partial charge in [0, 0.05) is 17.7 Å². The summed E-state index contributed by atoms with van der Waals surface area (Å²) >= 11 is 1.98. The molecule has 2 aliphatic rings. The van der Waals surface area contributed by atoms with Gasteiger partial charge in [0.05, 0.1) is 7.11 Å². The first-order valence-electron chi connectivity index (χ1n) is 8.90. The fourth-order valence-corrected chi connectivity index (χ4v) is 4.95. The number of hydrogen-bond donors (Lipinski definition) is 1. The zero-order valence-electron chi connectivity index (χ0n) is 14.2. The molecule has 0 bridgehead atoms. The lowest BCUT2D eigenvalue weighted by Crippen LogP contribution is -2.37. The van der Waals surface area contributed by atoms with Gasteiger partial charge < -0.3 is 15.2 Å². The maximum Gasteiger partial charge on any atom is 0.161 e. The Morgan fingerprint density at radius 2 is 2.00 bits per heavy atom. The van der Waals surface area contributed by atoms with Gasteiger partial charge in [0.1, 0.15) is 6.10 Å². The smallest absolute Gasteiger partial charge is 0.161 e. The van der Waals surface area contributed by atoms with Gasteiger partial charge in [-0.25, -0.2) is 0 Å². The van der Waals surface area contributed by atoms with Crippen LogP contribution in [0.15, 0.2) is 18.2 Å². The molecular weight excluding hydrogens is 306 g/mol. The lowest BCUT2D eigenvalue weighted by atomic mass is 9.69. The number of hydrogen-bond acceptors (Lipinski definition) is 4. The van der Waals surface area contributed by atoms with E-state index in [1.54, 1.807) is 7.11 Å². The van der Waals surface area contributed by atoms with Gasteiger partial charge in [0.2, 0.25) is 0 Å². The lowest BCUT2D eigenvalue weighted by molar-refractivity contribution is 0.202. The lowest BCUT2D eigenvalue weighted by Gasteiger charge is -2.37. The van der Waals surface area contributed by atoms with Crippen LogP contribution < -0.4 is 15.2 Å². The fourth-order valence-electron chi connectivity index (χ4n) is 3.92. The summed E-state index contributed by atoms with van der Waals surface area (Å²) in [5.74, 6) is 4.08.